The molecular formula is C12H18N2O3S. The van der Waals surface area contributed by atoms with Crippen molar-refractivity contribution in [2.75, 3.05) is 12.0 Å². The summed E-state index contributed by atoms with van der Waals surface area (Å²) in [5.41, 5.74) is 1.57. The summed E-state index contributed by atoms with van der Waals surface area (Å²) in [4.78, 5) is 25.8. The van der Waals surface area contributed by atoms with Crippen molar-refractivity contribution in [1.29, 1.82) is 0 Å². The zero-order valence-corrected chi connectivity index (χ0v) is 11.8. The number of carbonyl (C=O) groups excluding carboxylic acids is 1. The smallest absolute Gasteiger partial charge is 0.352 e. The fourth-order valence-electron chi connectivity index (χ4n) is 1.89. The van der Waals surface area contributed by atoms with Crippen LogP contribution in [0, 0.1) is 13.8 Å². The van der Waals surface area contributed by atoms with Gasteiger partial charge in [-0.15, -0.1) is 0 Å². The van der Waals surface area contributed by atoms with Crippen LogP contribution in [-0.4, -0.2) is 40.0 Å². The summed E-state index contributed by atoms with van der Waals surface area (Å²) >= 11 is 1.65. The molecular weight excluding hydrogens is 252 g/mol. The number of aromatic carboxylic acids is 1. The number of hydrogen-bond donors (Lipinski definition) is 3. The Hall–Kier alpha value is -1.43. The van der Waals surface area contributed by atoms with E-state index < -0.39 is 5.97 Å². The third-order valence-electron chi connectivity index (χ3n) is 2.67. The van der Waals surface area contributed by atoms with Crippen molar-refractivity contribution >= 4 is 23.6 Å². The van der Waals surface area contributed by atoms with E-state index >= 15 is 0 Å². The molecule has 1 amide bonds. The highest BCUT2D eigenvalue weighted by molar-refractivity contribution is 7.98. The minimum absolute atomic E-state index is 0.0504. The zero-order chi connectivity index (χ0) is 13.9. The predicted octanol–water partition coefficient (Wildman–Crippen LogP) is 1.81. The van der Waals surface area contributed by atoms with Gasteiger partial charge in [0.25, 0.3) is 5.91 Å². The number of H-pyrrole nitrogens is 1. The molecule has 0 aliphatic carbocycles. The fraction of sp³-hybridized carbons (Fsp3) is 0.500. The molecule has 3 N–H and O–H groups in total. The van der Waals surface area contributed by atoms with Crippen molar-refractivity contribution in [3.8, 4) is 0 Å². The molecule has 0 spiro atoms. The quantitative estimate of drug-likeness (QED) is 0.762. The predicted molar refractivity (Wildman–Crippen MR) is 72.5 cm³/mol. The van der Waals surface area contributed by atoms with Gasteiger partial charge in [0.15, 0.2) is 0 Å². The van der Waals surface area contributed by atoms with E-state index in [0.29, 0.717) is 16.8 Å². The molecule has 0 saturated carbocycles. The molecule has 0 fully saturated rings. The summed E-state index contributed by atoms with van der Waals surface area (Å²) in [6.45, 7) is 5.26. The van der Waals surface area contributed by atoms with Crippen LogP contribution in [-0.2, 0) is 0 Å². The number of rotatable bonds is 5. The second-order valence-corrected chi connectivity index (χ2v) is 5.17. The van der Waals surface area contributed by atoms with Crippen molar-refractivity contribution in [3.63, 3.8) is 0 Å². The van der Waals surface area contributed by atoms with E-state index in [-0.39, 0.29) is 17.6 Å². The molecule has 1 heterocycles. The first-order chi connectivity index (χ1) is 8.38. The lowest BCUT2D eigenvalue weighted by molar-refractivity contribution is 0.0690. The Balaban J connectivity index is 2.96. The lowest BCUT2D eigenvalue weighted by Crippen LogP contribution is -2.34. The fourth-order valence-corrected chi connectivity index (χ4v) is 2.48. The summed E-state index contributed by atoms with van der Waals surface area (Å²) in [7, 11) is 0. The van der Waals surface area contributed by atoms with E-state index in [0.717, 1.165) is 5.75 Å². The monoisotopic (exact) mass is 270 g/mol. The second-order valence-electron chi connectivity index (χ2n) is 4.26. The van der Waals surface area contributed by atoms with Crippen LogP contribution in [0.2, 0.25) is 0 Å². The van der Waals surface area contributed by atoms with E-state index in [1.165, 1.54) is 0 Å². The van der Waals surface area contributed by atoms with E-state index in [9.17, 15) is 9.59 Å². The number of aromatic amines is 1. The maximum absolute atomic E-state index is 12.1. The van der Waals surface area contributed by atoms with Gasteiger partial charge in [-0.2, -0.15) is 11.8 Å². The van der Waals surface area contributed by atoms with Gasteiger partial charge in [0.05, 0.1) is 5.56 Å². The van der Waals surface area contributed by atoms with E-state index in [1.54, 1.807) is 25.6 Å². The number of carboxylic acid groups (broad SMARTS) is 1. The van der Waals surface area contributed by atoms with Gasteiger partial charge < -0.3 is 15.4 Å². The van der Waals surface area contributed by atoms with Crippen molar-refractivity contribution < 1.29 is 14.7 Å². The molecule has 18 heavy (non-hydrogen) atoms. The van der Waals surface area contributed by atoms with E-state index in [2.05, 4.69) is 10.3 Å². The average molecular weight is 270 g/mol. The van der Waals surface area contributed by atoms with E-state index in [1.807, 2.05) is 13.2 Å². The maximum Gasteiger partial charge on any atom is 0.352 e. The number of aryl methyl sites for hydroxylation is 1. The number of aromatic nitrogens is 1. The van der Waals surface area contributed by atoms with Gasteiger partial charge in [-0.1, -0.05) is 0 Å². The molecule has 6 heteroatoms. The van der Waals surface area contributed by atoms with Gasteiger partial charge in [-0.05, 0) is 32.6 Å². The molecule has 1 aromatic rings. The first-order valence-corrected chi connectivity index (χ1v) is 7.00. The van der Waals surface area contributed by atoms with Crippen molar-refractivity contribution in [1.82, 2.24) is 10.3 Å². The van der Waals surface area contributed by atoms with Gasteiger partial charge in [0.2, 0.25) is 0 Å². The Morgan fingerprint density at radius 3 is 2.50 bits per heavy atom. The number of thioether (sulfide) groups is 1. The minimum atomic E-state index is -1.05. The SMILES string of the molecule is CSCC(C)NC(=O)c1c(C)[nH]c(C(=O)O)c1C. The Labute approximate surface area is 110 Å². The molecule has 1 aromatic heterocycles. The Bertz CT molecular complexity index is 468. The van der Waals surface area contributed by atoms with Crippen molar-refractivity contribution in [2.24, 2.45) is 0 Å². The Kier molecular flexibility index (Phi) is 4.84. The van der Waals surface area contributed by atoms with Crippen LogP contribution in [0.4, 0.5) is 0 Å². The topological polar surface area (TPSA) is 82.2 Å². The van der Waals surface area contributed by atoms with Crippen molar-refractivity contribution in [3.05, 3.63) is 22.5 Å². The third kappa shape index (κ3) is 3.07. The summed E-state index contributed by atoms with van der Waals surface area (Å²) in [5, 5.41) is 11.8. The number of nitrogens with one attached hydrogen (secondary N) is 2. The van der Waals surface area contributed by atoms with Gasteiger partial charge >= 0.3 is 5.97 Å². The van der Waals surface area contributed by atoms with Crippen LogP contribution in [0.3, 0.4) is 0 Å². The molecule has 100 valence electrons. The molecule has 0 saturated heterocycles. The molecule has 1 rings (SSSR count). The largest absolute Gasteiger partial charge is 0.477 e. The molecule has 5 nitrogen and oxygen atoms in total. The lowest BCUT2D eigenvalue weighted by atomic mass is 10.1. The highest BCUT2D eigenvalue weighted by Crippen LogP contribution is 2.18. The summed E-state index contributed by atoms with van der Waals surface area (Å²) in [6, 6.07) is 0.0504. The Morgan fingerprint density at radius 2 is 2.06 bits per heavy atom. The number of carbonyl (C=O) groups is 2. The third-order valence-corrected chi connectivity index (χ3v) is 3.51. The van der Waals surface area contributed by atoms with Gasteiger partial charge in [-0.25, -0.2) is 4.79 Å². The molecule has 1 atom stereocenters. The average Bonchev–Trinajstić information content (AvgIpc) is 2.54. The maximum atomic E-state index is 12.1. The molecule has 0 aliphatic rings. The molecule has 1 unspecified atom stereocenters. The number of hydrogen-bond acceptors (Lipinski definition) is 3. The first kappa shape index (κ1) is 14.6. The molecule has 0 aromatic carbocycles. The Morgan fingerprint density at radius 1 is 1.44 bits per heavy atom. The summed E-state index contributed by atoms with van der Waals surface area (Å²) in [6.07, 6.45) is 1.97. The molecule has 0 bridgehead atoms. The normalized spacial score (nSPS) is 12.2. The van der Waals surface area contributed by atoms with Gasteiger partial charge in [0.1, 0.15) is 5.69 Å². The van der Waals surface area contributed by atoms with Crippen LogP contribution < -0.4 is 5.32 Å². The molecule has 0 aliphatic heterocycles. The van der Waals surface area contributed by atoms with Crippen LogP contribution in [0.5, 0.6) is 0 Å². The van der Waals surface area contributed by atoms with Gasteiger partial charge in [0, 0.05) is 17.5 Å². The van der Waals surface area contributed by atoms with Crippen LogP contribution in [0.25, 0.3) is 0 Å². The molecule has 0 radical (unpaired) electrons. The second kappa shape index (κ2) is 5.95. The van der Waals surface area contributed by atoms with E-state index in [4.69, 9.17) is 5.11 Å². The minimum Gasteiger partial charge on any atom is -0.477 e. The number of carboxylic acids is 1. The van der Waals surface area contributed by atoms with Crippen LogP contribution in [0.15, 0.2) is 0 Å². The summed E-state index contributed by atoms with van der Waals surface area (Å²) in [5.74, 6) is -0.456. The zero-order valence-electron chi connectivity index (χ0n) is 11.0. The lowest BCUT2D eigenvalue weighted by Gasteiger charge is -2.12. The highest BCUT2D eigenvalue weighted by Gasteiger charge is 2.22. The van der Waals surface area contributed by atoms with Gasteiger partial charge in [-0.3, -0.25) is 4.79 Å². The number of amides is 1. The standard InChI is InChI=1S/C12H18N2O3S/c1-6(5-18-4)13-11(15)9-7(2)10(12(16)17)14-8(9)3/h6,14H,5H2,1-4H3,(H,13,15)(H,16,17). The van der Waals surface area contributed by atoms with Crippen LogP contribution in [0.1, 0.15) is 39.0 Å². The summed E-state index contributed by atoms with van der Waals surface area (Å²) < 4.78 is 0. The van der Waals surface area contributed by atoms with Crippen LogP contribution >= 0.6 is 11.8 Å². The first-order valence-electron chi connectivity index (χ1n) is 5.60. The van der Waals surface area contributed by atoms with Crippen molar-refractivity contribution in [2.45, 2.75) is 26.8 Å². The highest BCUT2D eigenvalue weighted by atomic mass is 32.2.